The Bertz CT molecular complexity index is 826. The Balaban J connectivity index is 2.10. The van der Waals surface area contributed by atoms with Crippen LogP contribution in [-0.4, -0.2) is 23.1 Å². The average Bonchev–Trinajstić information content (AvgIpc) is 2.54. The van der Waals surface area contributed by atoms with Gasteiger partial charge in [0.15, 0.2) is 0 Å². The van der Waals surface area contributed by atoms with Crippen LogP contribution in [0.4, 0.5) is 5.95 Å². The second kappa shape index (κ2) is 6.24. The molecule has 118 valence electrons. The van der Waals surface area contributed by atoms with Gasteiger partial charge in [-0.3, -0.25) is 0 Å². The van der Waals surface area contributed by atoms with E-state index in [1.807, 2.05) is 12.3 Å². The molecule has 1 heterocycles. The van der Waals surface area contributed by atoms with Crippen molar-refractivity contribution in [1.29, 1.82) is 0 Å². The number of benzene rings is 2. The van der Waals surface area contributed by atoms with Crippen LogP contribution in [0, 0.1) is 6.92 Å². The second-order valence-corrected chi connectivity index (χ2v) is 5.97. The molecule has 0 radical (unpaired) electrons. The van der Waals surface area contributed by atoms with Gasteiger partial charge in [0.1, 0.15) is 5.75 Å². The van der Waals surface area contributed by atoms with Gasteiger partial charge < -0.3 is 10.1 Å². The van der Waals surface area contributed by atoms with Crippen molar-refractivity contribution in [2.75, 3.05) is 12.4 Å². The SMILES string of the molecule is COc1cc2nc(NC(C)C)ncc2cc1-c1ccc(C)cc1. The molecule has 4 heteroatoms. The summed E-state index contributed by atoms with van der Waals surface area (Å²) in [4.78, 5) is 8.96. The molecule has 2 aromatic carbocycles. The number of aryl methyl sites for hydroxylation is 1. The maximum atomic E-state index is 5.58. The third kappa shape index (κ3) is 3.26. The molecule has 0 fully saturated rings. The van der Waals surface area contributed by atoms with Crippen molar-refractivity contribution >= 4 is 16.9 Å². The number of nitrogens with zero attached hydrogens (tertiary/aromatic N) is 2. The number of ether oxygens (including phenoxy) is 1. The van der Waals surface area contributed by atoms with E-state index >= 15 is 0 Å². The standard InChI is InChI=1S/C19H21N3O/c1-12(2)21-19-20-11-15-9-16(14-7-5-13(3)6-8-14)18(23-4)10-17(15)22-19/h5-12H,1-4H3,(H,20,21,22). The van der Waals surface area contributed by atoms with E-state index in [2.05, 4.69) is 66.4 Å². The van der Waals surface area contributed by atoms with Crippen molar-refractivity contribution in [3.63, 3.8) is 0 Å². The molecule has 0 atom stereocenters. The fourth-order valence-corrected chi connectivity index (χ4v) is 2.52. The molecule has 4 nitrogen and oxygen atoms in total. The van der Waals surface area contributed by atoms with Crippen molar-refractivity contribution in [2.45, 2.75) is 26.8 Å². The molecule has 0 spiro atoms. The molecule has 0 saturated heterocycles. The van der Waals surface area contributed by atoms with Gasteiger partial charge in [-0.05, 0) is 32.4 Å². The van der Waals surface area contributed by atoms with Crippen molar-refractivity contribution in [2.24, 2.45) is 0 Å². The quantitative estimate of drug-likeness (QED) is 0.774. The van der Waals surface area contributed by atoms with Gasteiger partial charge in [-0.1, -0.05) is 29.8 Å². The van der Waals surface area contributed by atoms with Crippen LogP contribution in [0.3, 0.4) is 0 Å². The average molecular weight is 307 g/mol. The van der Waals surface area contributed by atoms with Crippen molar-refractivity contribution in [3.05, 3.63) is 48.2 Å². The Hall–Kier alpha value is -2.62. The summed E-state index contributed by atoms with van der Waals surface area (Å²) < 4.78 is 5.58. The largest absolute Gasteiger partial charge is 0.496 e. The minimum Gasteiger partial charge on any atom is -0.496 e. The van der Waals surface area contributed by atoms with E-state index in [1.54, 1.807) is 7.11 Å². The summed E-state index contributed by atoms with van der Waals surface area (Å²) in [7, 11) is 1.69. The first kappa shape index (κ1) is 15.3. The first-order chi connectivity index (χ1) is 11.1. The van der Waals surface area contributed by atoms with Gasteiger partial charge in [0.25, 0.3) is 0 Å². The summed E-state index contributed by atoms with van der Waals surface area (Å²) >= 11 is 0. The van der Waals surface area contributed by atoms with Crippen molar-refractivity contribution in [1.82, 2.24) is 9.97 Å². The van der Waals surface area contributed by atoms with E-state index in [4.69, 9.17) is 4.74 Å². The topological polar surface area (TPSA) is 47.0 Å². The van der Waals surface area contributed by atoms with Gasteiger partial charge in [0, 0.05) is 29.3 Å². The highest BCUT2D eigenvalue weighted by molar-refractivity contribution is 5.88. The van der Waals surface area contributed by atoms with Gasteiger partial charge >= 0.3 is 0 Å². The molecule has 0 saturated carbocycles. The minimum atomic E-state index is 0.293. The van der Waals surface area contributed by atoms with Crippen molar-refractivity contribution in [3.8, 4) is 16.9 Å². The van der Waals surface area contributed by atoms with Crippen LogP contribution in [0.25, 0.3) is 22.0 Å². The number of aromatic nitrogens is 2. The van der Waals surface area contributed by atoms with Gasteiger partial charge in [0.2, 0.25) is 5.95 Å². The van der Waals surface area contributed by atoms with Crippen LogP contribution in [0.5, 0.6) is 5.75 Å². The lowest BCUT2D eigenvalue weighted by Gasteiger charge is -2.12. The molecule has 0 unspecified atom stereocenters. The van der Waals surface area contributed by atoms with Crippen LogP contribution in [0.2, 0.25) is 0 Å². The lowest BCUT2D eigenvalue weighted by atomic mass is 10.0. The lowest BCUT2D eigenvalue weighted by Crippen LogP contribution is -2.12. The second-order valence-electron chi connectivity index (χ2n) is 5.97. The number of hydrogen-bond donors (Lipinski definition) is 1. The fourth-order valence-electron chi connectivity index (χ4n) is 2.52. The third-order valence-electron chi connectivity index (χ3n) is 3.68. The smallest absolute Gasteiger partial charge is 0.223 e. The zero-order chi connectivity index (χ0) is 16.4. The number of nitrogens with one attached hydrogen (secondary N) is 1. The fraction of sp³-hybridized carbons (Fsp3) is 0.263. The monoisotopic (exact) mass is 307 g/mol. The van der Waals surface area contributed by atoms with Gasteiger partial charge in [0.05, 0.1) is 12.6 Å². The van der Waals surface area contributed by atoms with E-state index < -0.39 is 0 Å². The molecule has 0 bridgehead atoms. The molecule has 1 aromatic heterocycles. The number of rotatable bonds is 4. The number of methoxy groups -OCH3 is 1. The highest BCUT2D eigenvalue weighted by atomic mass is 16.5. The highest BCUT2D eigenvalue weighted by Crippen LogP contribution is 2.33. The summed E-state index contributed by atoms with van der Waals surface area (Å²) in [6.07, 6.45) is 1.85. The van der Waals surface area contributed by atoms with Crippen LogP contribution < -0.4 is 10.1 Å². The maximum absolute atomic E-state index is 5.58. The van der Waals surface area contributed by atoms with Crippen molar-refractivity contribution < 1.29 is 4.74 Å². The molecule has 1 N–H and O–H groups in total. The molecular weight excluding hydrogens is 286 g/mol. The molecule has 3 rings (SSSR count). The zero-order valence-electron chi connectivity index (χ0n) is 13.9. The molecule has 0 aliphatic heterocycles. The van der Waals surface area contributed by atoms with Crippen LogP contribution >= 0.6 is 0 Å². The third-order valence-corrected chi connectivity index (χ3v) is 3.68. The summed E-state index contributed by atoms with van der Waals surface area (Å²) in [6.45, 7) is 6.21. The summed E-state index contributed by atoms with van der Waals surface area (Å²) in [5, 5.41) is 4.22. The van der Waals surface area contributed by atoms with Gasteiger partial charge in [-0.25, -0.2) is 9.97 Å². The number of anilines is 1. The Morgan fingerprint density at radius 1 is 1.09 bits per heavy atom. The summed E-state index contributed by atoms with van der Waals surface area (Å²) in [5.41, 5.74) is 4.28. The summed E-state index contributed by atoms with van der Waals surface area (Å²) in [6, 6.07) is 12.8. The predicted molar refractivity (Wildman–Crippen MR) is 95.0 cm³/mol. The maximum Gasteiger partial charge on any atom is 0.223 e. The van der Waals surface area contributed by atoms with E-state index in [9.17, 15) is 0 Å². The Labute approximate surface area is 136 Å². The van der Waals surface area contributed by atoms with E-state index in [0.717, 1.165) is 27.8 Å². The van der Waals surface area contributed by atoms with E-state index in [0.29, 0.717) is 12.0 Å². The van der Waals surface area contributed by atoms with Gasteiger partial charge in [-0.15, -0.1) is 0 Å². The zero-order valence-corrected chi connectivity index (χ0v) is 13.9. The molecule has 3 aromatic rings. The Morgan fingerprint density at radius 3 is 2.48 bits per heavy atom. The molecule has 0 aliphatic rings. The van der Waals surface area contributed by atoms with E-state index in [-0.39, 0.29) is 0 Å². The van der Waals surface area contributed by atoms with Crippen LogP contribution in [0.1, 0.15) is 19.4 Å². The molecule has 23 heavy (non-hydrogen) atoms. The number of fused-ring (bicyclic) bond motifs is 1. The molecule has 0 aliphatic carbocycles. The summed E-state index contributed by atoms with van der Waals surface area (Å²) in [5.74, 6) is 1.45. The normalized spacial score (nSPS) is 11.0. The molecular formula is C19H21N3O. The van der Waals surface area contributed by atoms with E-state index in [1.165, 1.54) is 5.56 Å². The van der Waals surface area contributed by atoms with Crippen LogP contribution in [0.15, 0.2) is 42.6 Å². The Morgan fingerprint density at radius 2 is 1.83 bits per heavy atom. The highest BCUT2D eigenvalue weighted by Gasteiger charge is 2.10. The van der Waals surface area contributed by atoms with Gasteiger partial charge in [-0.2, -0.15) is 0 Å². The van der Waals surface area contributed by atoms with Crippen LogP contribution in [-0.2, 0) is 0 Å². The predicted octanol–water partition coefficient (Wildman–Crippen LogP) is 4.43. The first-order valence-electron chi connectivity index (χ1n) is 7.75. The Kier molecular flexibility index (Phi) is 4.15. The first-order valence-corrected chi connectivity index (χ1v) is 7.75. The lowest BCUT2D eigenvalue weighted by molar-refractivity contribution is 0.417. The molecule has 0 amide bonds. The number of hydrogen-bond acceptors (Lipinski definition) is 4. The minimum absolute atomic E-state index is 0.293.